The zero-order valence-electron chi connectivity index (χ0n) is 15.0. The molecule has 3 aromatic carbocycles. The lowest BCUT2D eigenvalue weighted by molar-refractivity contribution is -0.136. The van der Waals surface area contributed by atoms with E-state index in [0.29, 0.717) is 29.6 Å². The Bertz CT molecular complexity index is 877. The predicted octanol–water partition coefficient (Wildman–Crippen LogP) is 4.26. The Labute approximate surface area is 158 Å². The Balaban J connectivity index is 1.58. The van der Waals surface area contributed by atoms with E-state index in [1.807, 2.05) is 42.5 Å². The molecule has 27 heavy (non-hydrogen) atoms. The van der Waals surface area contributed by atoms with E-state index < -0.39 is 5.97 Å². The summed E-state index contributed by atoms with van der Waals surface area (Å²) >= 11 is 0. The van der Waals surface area contributed by atoms with Crippen molar-refractivity contribution in [2.24, 2.45) is 0 Å². The van der Waals surface area contributed by atoms with Gasteiger partial charge in [0.05, 0.1) is 7.11 Å². The van der Waals surface area contributed by atoms with Crippen molar-refractivity contribution in [2.45, 2.75) is 6.61 Å². The fourth-order valence-corrected chi connectivity index (χ4v) is 2.42. The molecule has 0 aliphatic rings. The summed E-state index contributed by atoms with van der Waals surface area (Å²) in [6, 6.07) is 24.0. The number of esters is 1. The molecule has 5 nitrogen and oxygen atoms in total. The fraction of sp³-hybridized carbons (Fsp3) is 0.136. The Morgan fingerprint density at radius 1 is 0.704 bits per heavy atom. The highest BCUT2D eigenvalue weighted by Crippen LogP contribution is 2.28. The second-order valence-electron chi connectivity index (χ2n) is 5.63. The van der Waals surface area contributed by atoms with Gasteiger partial charge >= 0.3 is 5.97 Å². The predicted molar refractivity (Wildman–Crippen MR) is 101 cm³/mol. The van der Waals surface area contributed by atoms with Gasteiger partial charge in [-0.2, -0.15) is 0 Å². The number of hydrogen-bond acceptors (Lipinski definition) is 5. The molecular formula is C22H20O5. The van der Waals surface area contributed by atoms with Crippen LogP contribution in [0.1, 0.15) is 5.56 Å². The maximum absolute atomic E-state index is 12.1. The fourth-order valence-electron chi connectivity index (χ4n) is 2.42. The number of methoxy groups -OCH3 is 1. The molecule has 0 unspecified atom stereocenters. The third-order valence-electron chi connectivity index (χ3n) is 3.72. The van der Waals surface area contributed by atoms with Gasteiger partial charge in [-0.3, -0.25) is 0 Å². The van der Waals surface area contributed by atoms with Crippen LogP contribution < -0.4 is 18.9 Å². The molecule has 0 amide bonds. The van der Waals surface area contributed by atoms with Crippen LogP contribution in [0.4, 0.5) is 0 Å². The first-order valence-electron chi connectivity index (χ1n) is 8.48. The lowest BCUT2D eigenvalue weighted by Gasteiger charge is -2.13. The summed E-state index contributed by atoms with van der Waals surface area (Å²) in [5, 5.41) is 0. The third kappa shape index (κ3) is 5.25. The summed E-state index contributed by atoms with van der Waals surface area (Å²) in [6.45, 7) is 0.163. The molecule has 0 saturated carbocycles. The smallest absolute Gasteiger partial charge is 0.349 e. The highest BCUT2D eigenvalue weighted by Gasteiger charge is 2.12. The molecule has 0 atom stereocenters. The molecule has 0 aliphatic carbocycles. The highest BCUT2D eigenvalue weighted by molar-refractivity contribution is 5.74. The van der Waals surface area contributed by atoms with Crippen LogP contribution in [-0.4, -0.2) is 19.7 Å². The summed E-state index contributed by atoms with van der Waals surface area (Å²) < 4.78 is 21.9. The van der Waals surface area contributed by atoms with Crippen molar-refractivity contribution in [1.29, 1.82) is 0 Å². The number of carbonyl (C=O) groups is 1. The number of carbonyl (C=O) groups excluding carboxylic acids is 1. The molecule has 0 saturated heterocycles. The van der Waals surface area contributed by atoms with E-state index in [9.17, 15) is 4.79 Å². The first kappa shape index (κ1) is 18.3. The highest BCUT2D eigenvalue weighted by atomic mass is 16.6. The number of para-hydroxylation sites is 4. The molecule has 0 N–H and O–H groups in total. The van der Waals surface area contributed by atoms with Gasteiger partial charge in [-0.1, -0.05) is 54.6 Å². The molecule has 0 aliphatic heterocycles. The molecule has 3 rings (SSSR count). The average Bonchev–Trinajstić information content (AvgIpc) is 2.72. The summed E-state index contributed by atoms with van der Waals surface area (Å²) in [4.78, 5) is 12.1. The van der Waals surface area contributed by atoms with Crippen LogP contribution >= 0.6 is 0 Å². The molecule has 0 fully saturated rings. The molecule has 3 aromatic rings. The summed E-state index contributed by atoms with van der Waals surface area (Å²) in [7, 11) is 1.52. The van der Waals surface area contributed by atoms with Gasteiger partial charge in [-0.25, -0.2) is 4.79 Å². The van der Waals surface area contributed by atoms with Crippen molar-refractivity contribution in [3.63, 3.8) is 0 Å². The van der Waals surface area contributed by atoms with Crippen molar-refractivity contribution < 1.29 is 23.7 Å². The summed E-state index contributed by atoms with van der Waals surface area (Å²) in [5.41, 5.74) is 1.04. The topological polar surface area (TPSA) is 54.0 Å². The van der Waals surface area contributed by atoms with Crippen LogP contribution in [0.25, 0.3) is 0 Å². The summed E-state index contributed by atoms with van der Waals surface area (Å²) in [6.07, 6.45) is 0. The largest absolute Gasteiger partial charge is 0.493 e. The van der Waals surface area contributed by atoms with Gasteiger partial charge in [0, 0.05) is 0 Å². The van der Waals surface area contributed by atoms with Crippen molar-refractivity contribution in [2.75, 3.05) is 13.7 Å². The van der Waals surface area contributed by atoms with Gasteiger partial charge in [0.1, 0.15) is 6.61 Å². The van der Waals surface area contributed by atoms with Crippen molar-refractivity contribution in [3.8, 4) is 23.0 Å². The molecule has 0 spiro atoms. The van der Waals surface area contributed by atoms with Gasteiger partial charge in [0.15, 0.2) is 29.6 Å². The van der Waals surface area contributed by atoms with Crippen LogP contribution in [0.5, 0.6) is 23.0 Å². The van der Waals surface area contributed by atoms with Gasteiger partial charge < -0.3 is 18.9 Å². The van der Waals surface area contributed by atoms with Crippen LogP contribution in [0.3, 0.4) is 0 Å². The minimum atomic E-state index is -0.530. The average molecular weight is 364 g/mol. The van der Waals surface area contributed by atoms with E-state index in [0.717, 1.165) is 5.56 Å². The number of rotatable bonds is 8. The third-order valence-corrected chi connectivity index (χ3v) is 3.72. The monoisotopic (exact) mass is 364 g/mol. The number of ether oxygens (including phenoxy) is 4. The van der Waals surface area contributed by atoms with Crippen molar-refractivity contribution >= 4 is 5.97 Å². The molecule has 138 valence electrons. The lowest BCUT2D eigenvalue weighted by Crippen LogP contribution is -2.18. The van der Waals surface area contributed by atoms with Crippen molar-refractivity contribution in [3.05, 3.63) is 84.4 Å². The molecule has 0 heterocycles. The molecule has 0 radical (unpaired) electrons. The summed E-state index contributed by atoms with van der Waals surface area (Å²) in [5.74, 6) is 1.34. The van der Waals surface area contributed by atoms with E-state index in [1.165, 1.54) is 7.11 Å². The van der Waals surface area contributed by atoms with Crippen LogP contribution in [0.15, 0.2) is 78.9 Å². The van der Waals surface area contributed by atoms with Gasteiger partial charge in [-0.15, -0.1) is 0 Å². The minimum absolute atomic E-state index is 0.246. The Morgan fingerprint density at radius 2 is 1.26 bits per heavy atom. The quantitative estimate of drug-likeness (QED) is 0.442. The second-order valence-corrected chi connectivity index (χ2v) is 5.63. The number of hydrogen-bond donors (Lipinski definition) is 0. The molecule has 5 heteroatoms. The van der Waals surface area contributed by atoms with Crippen molar-refractivity contribution in [1.82, 2.24) is 0 Å². The van der Waals surface area contributed by atoms with Gasteiger partial charge in [-0.05, 0) is 29.8 Å². The Morgan fingerprint density at radius 3 is 1.93 bits per heavy atom. The van der Waals surface area contributed by atoms with E-state index in [1.54, 1.807) is 36.4 Å². The zero-order valence-corrected chi connectivity index (χ0v) is 15.0. The maximum Gasteiger partial charge on any atom is 0.349 e. The SMILES string of the molecule is COc1ccccc1OC(=O)COc1ccccc1OCc1ccccc1. The van der Waals surface area contributed by atoms with E-state index in [-0.39, 0.29) is 6.61 Å². The zero-order chi connectivity index (χ0) is 18.9. The second kappa shape index (κ2) is 9.29. The molecular weight excluding hydrogens is 344 g/mol. The minimum Gasteiger partial charge on any atom is -0.493 e. The molecule has 0 bridgehead atoms. The van der Waals surface area contributed by atoms with E-state index in [2.05, 4.69) is 0 Å². The van der Waals surface area contributed by atoms with Gasteiger partial charge in [0.2, 0.25) is 0 Å². The first-order chi connectivity index (χ1) is 13.3. The van der Waals surface area contributed by atoms with Crippen LogP contribution in [0.2, 0.25) is 0 Å². The first-order valence-corrected chi connectivity index (χ1v) is 8.48. The van der Waals surface area contributed by atoms with Crippen LogP contribution in [0, 0.1) is 0 Å². The Hall–Kier alpha value is -3.47. The normalized spacial score (nSPS) is 10.1. The standard InChI is InChI=1S/C22H20O5/c1-24-18-11-5-8-14-21(18)27-22(23)16-26-20-13-7-6-12-19(20)25-15-17-9-3-2-4-10-17/h2-14H,15-16H2,1H3. The lowest BCUT2D eigenvalue weighted by atomic mass is 10.2. The van der Waals surface area contributed by atoms with E-state index >= 15 is 0 Å². The van der Waals surface area contributed by atoms with Crippen LogP contribution in [-0.2, 0) is 11.4 Å². The van der Waals surface area contributed by atoms with Gasteiger partial charge in [0.25, 0.3) is 0 Å². The Kier molecular flexibility index (Phi) is 6.30. The number of benzene rings is 3. The molecule has 0 aromatic heterocycles. The maximum atomic E-state index is 12.1. The van der Waals surface area contributed by atoms with E-state index in [4.69, 9.17) is 18.9 Å².